The summed E-state index contributed by atoms with van der Waals surface area (Å²) in [5.41, 5.74) is 14.3. The maximum Gasteiger partial charge on any atom is 0.161 e. The Morgan fingerprint density at radius 2 is 1.00 bits per heavy atom. The maximum atomic E-state index is 6.42. The molecule has 0 bridgehead atoms. The Bertz CT molecular complexity index is 3230. The van der Waals surface area contributed by atoms with Crippen LogP contribution >= 0.6 is 0 Å². The molecule has 1 aliphatic rings. The molecule has 8 aromatic carbocycles. The zero-order chi connectivity index (χ0) is 37.7. The number of rotatable bonds is 6. The van der Waals surface area contributed by atoms with Gasteiger partial charge < -0.3 is 4.42 Å². The summed E-state index contributed by atoms with van der Waals surface area (Å²) in [4.78, 5) is 10.5. The Hall–Kier alpha value is -7.36. The number of allylic oxidation sites excluding steroid dienone is 4. The summed E-state index contributed by atoms with van der Waals surface area (Å²) in [6.45, 7) is 0. The zero-order valence-electron chi connectivity index (χ0n) is 31.2. The third-order valence-corrected chi connectivity index (χ3v) is 11.5. The molecule has 3 nitrogen and oxygen atoms in total. The van der Waals surface area contributed by atoms with Crippen molar-refractivity contribution < 1.29 is 4.42 Å². The van der Waals surface area contributed by atoms with Crippen molar-refractivity contribution in [3.63, 3.8) is 0 Å². The van der Waals surface area contributed by atoms with Crippen LogP contribution in [0.5, 0.6) is 0 Å². The predicted octanol–water partition coefficient (Wildman–Crippen LogP) is 14.6. The van der Waals surface area contributed by atoms with Gasteiger partial charge in [-0.25, -0.2) is 9.97 Å². The summed E-state index contributed by atoms with van der Waals surface area (Å²) >= 11 is 0. The van der Waals surface area contributed by atoms with E-state index in [0.29, 0.717) is 0 Å². The van der Waals surface area contributed by atoms with Gasteiger partial charge in [0.1, 0.15) is 11.2 Å². The lowest BCUT2D eigenvalue weighted by atomic mass is 9.91. The average Bonchev–Trinajstić information content (AvgIpc) is 3.68. The minimum atomic E-state index is 0.731. The minimum Gasteiger partial charge on any atom is -0.455 e. The van der Waals surface area contributed by atoms with Gasteiger partial charge in [0, 0.05) is 27.3 Å². The molecule has 0 aliphatic heterocycles. The molecule has 2 heterocycles. The lowest BCUT2D eigenvalue weighted by Gasteiger charge is -2.17. The normalized spacial score (nSPS) is 13.0. The molecule has 0 fully saturated rings. The molecule has 0 saturated carbocycles. The molecule has 268 valence electrons. The monoisotopic (exact) mass is 728 g/mol. The van der Waals surface area contributed by atoms with Crippen molar-refractivity contribution in [2.24, 2.45) is 0 Å². The summed E-state index contributed by atoms with van der Waals surface area (Å²) in [6.07, 6.45) is 6.39. The van der Waals surface area contributed by atoms with E-state index in [9.17, 15) is 0 Å². The van der Waals surface area contributed by atoms with Crippen LogP contribution in [0.25, 0.3) is 99.5 Å². The van der Waals surface area contributed by atoms with Crippen LogP contribution in [-0.2, 0) is 0 Å². The quantitative estimate of drug-likeness (QED) is 0.171. The second-order valence-corrected chi connectivity index (χ2v) is 14.8. The molecule has 0 spiro atoms. The van der Waals surface area contributed by atoms with Crippen molar-refractivity contribution in [3.8, 4) is 44.9 Å². The first-order valence-corrected chi connectivity index (χ1v) is 19.6. The first-order valence-electron chi connectivity index (χ1n) is 19.6. The summed E-state index contributed by atoms with van der Waals surface area (Å²) < 4.78 is 6.42. The van der Waals surface area contributed by atoms with E-state index in [0.717, 1.165) is 96.0 Å². The summed E-state index contributed by atoms with van der Waals surface area (Å²) in [7, 11) is 0. The summed E-state index contributed by atoms with van der Waals surface area (Å²) in [5, 5.41) is 6.87. The number of hydrogen-bond donors (Lipinski definition) is 0. The average molecular weight is 729 g/mol. The summed E-state index contributed by atoms with van der Waals surface area (Å²) in [6, 6.07) is 64.5. The molecule has 10 aromatic rings. The largest absolute Gasteiger partial charge is 0.455 e. The van der Waals surface area contributed by atoms with Gasteiger partial charge in [-0.1, -0.05) is 158 Å². The highest BCUT2D eigenvalue weighted by Crippen LogP contribution is 2.40. The van der Waals surface area contributed by atoms with Crippen molar-refractivity contribution in [3.05, 3.63) is 205 Å². The number of nitrogens with zero attached hydrogens (tertiary/aromatic N) is 2. The molecular formula is C54H36N2O. The van der Waals surface area contributed by atoms with E-state index in [2.05, 4.69) is 188 Å². The second kappa shape index (κ2) is 13.7. The van der Waals surface area contributed by atoms with Gasteiger partial charge in [-0.2, -0.15) is 0 Å². The van der Waals surface area contributed by atoms with Crippen LogP contribution in [0.3, 0.4) is 0 Å². The highest BCUT2D eigenvalue weighted by Gasteiger charge is 2.18. The fraction of sp³-hybridized carbons (Fsp3) is 0.0370. The van der Waals surface area contributed by atoms with E-state index in [-0.39, 0.29) is 0 Å². The standard InChI is InChI=1S/C54H36N2O/c1-3-12-35(13-4-1)36-22-24-39(25-23-36)51-34-50(38-15-5-2-6-16-38)55-54(56-51)48-30-29-43(45-20-9-10-21-46(45)48)42-18-11-17-40(32-42)41-27-31-52-49(33-41)47-28-26-37-14-7-8-19-44(37)53(47)57-52/h1-22,24,26-34H,23,25H2. The molecule has 0 unspecified atom stereocenters. The van der Waals surface area contributed by atoms with E-state index >= 15 is 0 Å². The number of benzene rings is 8. The number of hydrogen-bond acceptors (Lipinski definition) is 3. The predicted molar refractivity (Wildman–Crippen MR) is 238 cm³/mol. The van der Waals surface area contributed by atoms with Crippen molar-refractivity contribution >= 4 is 54.6 Å². The van der Waals surface area contributed by atoms with Crippen molar-refractivity contribution in [2.75, 3.05) is 0 Å². The number of aromatic nitrogens is 2. The van der Waals surface area contributed by atoms with Crippen LogP contribution < -0.4 is 0 Å². The molecule has 0 atom stereocenters. The first kappa shape index (κ1) is 33.0. The Morgan fingerprint density at radius 1 is 0.368 bits per heavy atom. The Morgan fingerprint density at radius 3 is 1.81 bits per heavy atom. The molecule has 2 aromatic heterocycles. The molecule has 11 rings (SSSR count). The Labute approximate surface area is 330 Å². The van der Waals surface area contributed by atoms with Crippen LogP contribution in [0.15, 0.2) is 199 Å². The molecule has 0 saturated heterocycles. The van der Waals surface area contributed by atoms with E-state index < -0.39 is 0 Å². The number of fused-ring (bicyclic) bond motifs is 6. The smallest absolute Gasteiger partial charge is 0.161 e. The van der Waals surface area contributed by atoms with Crippen LogP contribution in [0.2, 0.25) is 0 Å². The van der Waals surface area contributed by atoms with Crippen molar-refractivity contribution in [1.29, 1.82) is 0 Å². The lowest BCUT2D eigenvalue weighted by molar-refractivity contribution is 0.672. The maximum absolute atomic E-state index is 6.42. The topological polar surface area (TPSA) is 38.9 Å². The van der Waals surface area contributed by atoms with E-state index in [1.54, 1.807) is 0 Å². The van der Waals surface area contributed by atoms with Crippen LogP contribution in [0.1, 0.15) is 24.1 Å². The van der Waals surface area contributed by atoms with Gasteiger partial charge in [-0.05, 0) is 104 Å². The molecule has 0 amide bonds. The zero-order valence-corrected chi connectivity index (χ0v) is 31.2. The molecule has 0 N–H and O–H groups in total. The molecule has 0 radical (unpaired) electrons. The number of furan rings is 1. The van der Waals surface area contributed by atoms with Gasteiger partial charge in [0.2, 0.25) is 0 Å². The van der Waals surface area contributed by atoms with Gasteiger partial charge in [0.25, 0.3) is 0 Å². The van der Waals surface area contributed by atoms with E-state index in [1.165, 1.54) is 27.7 Å². The van der Waals surface area contributed by atoms with Crippen LogP contribution in [-0.4, -0.2) is 9.97 Å². The van der Waals surface area contributed by atoms with Gasteiger partial charge in [-0.15, -0.1) is 0 Å². The van der Waals surface area contributed by atoms with E-state index in [4.69, 9.17) is 14.4 Å². The van der Waals surface area contributed by atoms with Gasteiger partial charge >= 0.3 is 0 Å². The van der Waals surface area contributed by atoms with Crippen molar-refractivity contribution in [1.82, 2.24) is 9.97 Å². The second-order valence-electron chi connectivity index (χ2n) is 14.8. The molecule has 3 heteroatoms. The third-order valence-electron chi connectivity index (χ3n) is 11.5. The molecule has 57 heavy (non-hydrogen) atoms. The van der Waals surface area contributed by atoms with Crippen molar-refractivity contribution in [2.45, 2.75) is 12.8 Å². The third kappa shape index (κ3) is 5.92. The Balaban J connectivity index is 1.00. The fourth-order valence-electron chi connectivity index (χ4n) is 8.53. The lowest BCUT2D eigenvalue weighted by Crippen LogP contribution is -2.01. The highest BCUT2D eigenvalue weighted by atomic mass is 16.3. The van der Waals surface area contributed by atoms with Gasteiger partial charge in [0.05, 0.1) is 11.4 Å². The fourth-order valence-corrected chi connectivity index (χ4v) is 8.53. The minimum absolute atomic E-state index is 0.731. The highest BCUT2D eigenvalue weighted by molar-refractivity contribution is 6.15. The molecule has 1 aliphatic carbocycles. The van der Waals surface area contributed by atoms with Gasteiger partial charge in [0.15, 0.2) is 5.82 Å². The van der Waals surface area contributed by atoms with Crippen LogP contribution in [0.4, 0.5) is 0 Å². The first-order chi connectivity index (χ1) is 28.2. The Kier molecular flexibility index (Phi) is 7.96. The summed E-state index contributed by atoms with van der Waals surface area (Å²) in [5.74, 6) is 0.731. The van der Waals surface area contributed by atoms with Gasteiger partial charge in [-0.3, -0.25) is 0 Å². The van der Waals surface area contributed by atoms with E-state index in [1.807, 2.05) is 6.07 Å². The molecular weight excluding hydrogens is 693 g/mol. The van der Waals surface area contributed by atoms with Crippen LogP contribution in [0, 0.1) is 0 Å². The SMILES string of the molecule is C1=C(c2ccccc2)CCC(c2cc(-c3ccccc3)nc(-c3ccc(-c4cccc(-c5ccc6oc7c8ccccc8ccc7c6c5)c4)c4ccccc34)n2)=C1.